The van der Waals surface area contributed by atoms with E-state index in [4.69, 9.17) is 0 Å². The van der Waals surface area contributed by atoms with E-state index >= 15 is 0 Å². The topological polar surface area (TPSA) is 78.1 Å². The zero-order chi connectivity index (χ0) is 15.2. The van der Waals surface area contributed by atoms with Gasteiger partial charge >= 0.3 is 0 Å². The molecule has 6 nitrogen and oxygen atoms in total. The predicted molar refractivity (Wildman–Crippen MR) is 80.0 cm³/mol. The number of aromatic nitrogens is 2. The maximum absolute atomic E-state index is 12.7. The quantitative estimate of drug-likeness (QED) is 0.680. The summed E-state index contributed by atoms with van der Waals surface area (Å²) in [4.78, 5) is 0.330. The Morgan fingerprint density at radius 2 is 1.95 bits per heavy atom. The van der Waals surface area contributed by atoms with E-state index in [1.165, 1.54) is 4.31 Å². The molecule has 20 heavy (non-hydrogen) atoms. The van der Waals surface area contributed by atoms with E-state index < -0.39 is 10.0 Å². The molecule has 0 fully saturated rings. The molecule has 7 heteroatoms. The summed E-state index contributed by atoms with van der Waals surface area (Å²) in [6, 6.07) is 0. The lowest BCUT2D eigenvalue weighted by molar-refractivity contribution is 0.426. The standard InChI is InChI=1S/C13H26N4O2S/c1-5-8-14-10-12-13(11(4)15-16-12)20(18,19)17(7-3)9-6-2/h14H,5-10H2,1-4H3,(H,15,16). The average molecular weight is 302 g/mol. The van der Waals surface area contributed by atoms with E-state index in [-0.39, 0.29) is 0 Å². The molecule has 0 radical (unpaired) electrons. The van der Waals surface area contributed by atoms with Crippen LogP contribution in [0.25, 0.3) is 0 Å². The summed E-state index contributed by atoms with van der Waals surface area (Å²) in [6.07, 6.45) is 1.80. The molecule has 116 valence electrons. The molecular weight excluding hydrogens is 276 g/mol. The van der Waals surface area contributed by atoms with Crippen LogP contribution >= 0.6 is 0 Å². The number of rotatable bonds is 9. The van der Waals surface area contributed by atoms with Crippen LogP contribution < -0.4 is 5.32 Å². The Bertz CT molecular complexity index is 510. The predicted octanol–water partition coefficient (Wildman–Crippen LogP) is 1.64. The summed E-state index contributed by atoms with van der Waals surface area (Å²) in [6.45, 7) is 9.98. The fraction of sp³-hybridized carbons (Fsp3) is 0.769. The van der Waals surface area contributed by atoms with Gasteiger partial charge in [-0.2, -0.15) is 9.40 Å². The smallest absolute Gasteiger partial charge is 0.246 e. The molecule has 0 saturated carbocycles. The number of aromatic amines is 1. The van der Waals surface area contributed by atoms with Gasteiger partial charge in [-0.15, -0.1) is 0 Å². The SMILES string of the molecule is CCCNCc1n[nH]c(C)c1S(=O)(=O)N(CC)CCC. The molecule has 0 amide bonds. The Hall–Kier alpha value is -0.920. The molecule has 0 aliphatic heterocycles. The number of hydrogen-bond donors (Lipinski definition) is 2. The molecule has 2 N–H and O–H groups in total. The maximum Gasteiger partial charge on any atom is 0.246 e. The Balaban J connectivity index is 3.07. The Morgan fingerprint density at radius 3 is 2.50 bits per heavy atom. The van der Waals surface area contributed by atoms with Crippen molar-refractivity contribution in [3.05, 3.63) is 11.4 Å². The van der Waals surface area contributed by atoms with Gasteiger partial charge in [0, 0.05) is 19.6 Å². The monoisotopic (exact) mass is 302 g/mol. The highest BCUT2D eigenvalue weighted by molar-refractivity contribution is 7.89. The number of nitrogens with one attached hydrogen (secondary N) is 2. The zero-order valence-corrected chi connectivity index (χ0v) is 13.7. The average Bonchev–Trinajstić information content (AvgIpc) is 2.78. The van der Waals surface area contributed by atoms with Crippen LogP contribution in [0.2, 0.25) is 0 Å². The highest BCUT2D eigenvalue weighted by Crippen LogP contribution is 2.22. The molecule has 1 aromatic rings. The first-order valence-corrected chi connectivity index (χ1v) is 8.67. The van der Waals surface area contributed by atoms with E-state index in [9.17, 15) is 8.42 Å². The third-order valence-electron chi connectivity index (χ3n) is 3.10. The number of nitrogens with zero attached hydrogens (tertiary/aromatic N) is 2. The van der Waals surface area contributed by atoms with Gasteiger partial charge in [-0.3, -0.25) is 5.10 Å². The fourth-order valence-electron chi connectivity index (χ4n) is 2.14. The van der Waals surface area contributed by atoms with Crippen molar-refractivity contribution < 1.29 is 8.42 Å². The summed E-state index contributed by atoms with van der Waals surface area (Å²) in [5.41, 5.74) is 1.18. The van der Waals surface area contributed by atoms with E-state index in [1.54, 1.807) is 6.92 Å². The summed E-state index contributed by atoms with van der Waals surface area (Å²) < 4.78 is 27.0. The number of sulfonamides is 1. The second-order valence-corrected chi connectivity index (χ2v) is 6.67. The highest BCUT2D eigenvalue weighted by atomic mass is 32.2. The van der Waals surface area contributed by atoms with Gasteiger partial charge in [0.1, 0.15) is 4.90 Å². The molecule has 0 unspecified atom stereocenters. The van der Waals surface area contributed by atoms with Gasteiger partial charge in [0.05, 0.1) is 11.4 Å². The van der Waals surface area contributed by atoms with Crippen LogP contribution in [0.4, 0.5) is 0 Å². The summed E-state index contributed by atoms with van der Waals surface area (Å²) in [5, 5.41) is 10.1. The fourth-order valence-corrected chi connectivity index (χ4v) is 4.01. The molecule has 0 bridgehead atoms. The molecule has 1 aromatic heterocycles. The third-order valence-corrected chi connectivity index (χ3v) is 5.28. The summed E-state index contributed by atoms with van der Waals surface area (Å²) in [7, 11) is -3.47. The van der Waals surface area contributed by atoms with E-state index in [1.807, 2.05) is 13.8 Å². The van der Waals surface area contributed by atoms with Crippen molar-refractivity contribution in [2.24, 2.45) is 0 Å². The third kappa shape index (κ3) is 3.80. The minimum atomic E-state index is -3.47. The van der Waals surface area contributed by atoms with Gasteiger partial charge < -0.3 is 5.32 Å². The molecule has 1 heterocycles. The Labute approximate surface area is 122 Å². The summed E-state index contributed by atoms with van der Waals surface area (Å²) in [5.74, 6) is 0. The Kier molecular flexibility index (Phi) is 6.64. The van der Waals surface area contributed by atoms with Crippen molar-refractivity contribution in [3.8, 4) is 0 Å². The minimum Gasteiger partial charge on any atom is -0.311 e. The minimum absolute atomic E-state index is 0.330. The van der Waals surface area contributed by atoms with Gasteiger partial charge in [-0.25, -0.2) is 8.42 Å². The second-order valence-electron chi connectivity index (χ2n) is 4.80. The lowest BCUT2D eigenvalue weighted by Crippen LogP contribution is -2.32. The highest BCUT2D eigenvalue weighted by Gasteiger charge is 2.29. The zero-order valence-electron chi connectivity index (χ0n) is 12.9. The molecule has 0 aromatic carbocycles. The number of H-pyrrole nitrogens is 1. The Morgan fingerprint density at radius 1 is 1.25 bits per heavy atom. The molecular formula is C13H26N4O2S. The van der Waals surface area contributed by atoms with Crippen molar-refractivity contribution in [2.75, 3.05) is 19.6 Å². The normalized spacial score (nSPS) is 12.2. The largest absolute Gasteiger partial charge is 0.311 e. The van der Waals surface area contributed by atoms with Crippen LogP contribution in [0.1, 0.15) is 45.0 Å². The maximum atomic E-state index is 12.7. The van der Waals surface area contributed by atoms with Crippen molar-refractivity contribution >= 4 is 10.0 Å². The van der Waals surface area contributed by atoms with Crippen LogP contribution in [0.5, 0.6) is 0 Å². The van der Waals surface area contributed by atoms with Gasteiger partial charge in [-0.1, -0.05) is 20.8 Å². The van der Waals surface area contributed by atoms with E-state index in [0.29, 0.717) is 35.9 Å². The van der Waals surface area contributed by atoms with E-state index in [2.05, 4.69) is 22.4 Å². The van der Waals surface area contributed by atoms with Crippen LogP contribution in [0.3, 0.4) is 0 Å². The molecule has 0 aliphatic carbocycles. The van der Waals surface area contributed by atoms with Gasteiger partial charge in [0.15, 0.2) is 0 Å². The molecule has 0 atom stereocenters. The van der Waals surface area contributed by atoms with Crippen LogP contribution in [0, 0.1) is 6.92 Å². The first-order chi connectivity index (χ1) is 9.48. The molecule has 0 spiro atoms. The van der Waals surface area contributed by atoms with E-state index in [0.717, 1.165) is 19.4 Å². The van der Waals surface area contributed by atoms with Crippen LogP contribution in [-0.4, -0.2) is 42.6 Å². The second kappa shape index (κ2) is 7.75. The number of hydrogen-bond acceptors (Lipinski definition) is 4. The summed E-state index contributed by atoms with van der Waals surface area (Å²) >= 11 is 0. The van der Waals surface area contributed by atoms with Crippen molar-refractivity contribution in [3.63, 3.8) is 0 Å². The van der Waals surface area contributed by atoms with Gasteiger partial charge in [-0.05, 0) is 26.3 Å². The molecule has 0 saturated heterocycles. The lowest BCUT2D eigenvalue weighted by atomic mass is 10.3. The first-order valence-electron chi connectivity index (χ1n) is 7.23. The first kappa shape index (κ1) is 17.1. The van der Waals surface area contributed by atoms with Gasteiger partial charge in [0.2, 0.25) is 10.0 Å². The van der Waals surface area contributed by atoms with Crippen molar-refractivity contribution in [2.45, 2.75) is 52.0 Å². The molecule has 1 rings (SSSR count). The van der Waals surface area contributed by atoms with Crippen LogP contribution in [0.15, 0.2) is 4.90 Å². The molecule has 0 aliphatic rings. The van der Waals surface area contributed by atoms with Crippen molar-refractivity contribution in [1.82, 2.24) is 19.8 Å². The van der Waals surface area contributed by atoms with Crippen LogP contribution in [-0.2, 0) is 16.6 Å². The number of aryl methyl sites for hydroxylation is 1. The van der Waals surface area contributed by atoms with Gasteiger partial charge in [0.25, 0.3) is 0 Å². The van der Waals surface area contributed by atoms with Crippen molar-refractivity contribution in [1.29, 1.82) is 0 Å². The lowest BCUT2D eigenvalue weighted by Gasteiger charge is -2.20.